The summed E-state index contributed by atoms with van der Waals surface area (Å²) in [5.74, 6) is 0.889. The fraction of sp³-hybridized carbons (Fsp3) is 0.786. The van der Waals surface area contributed by atoms with E-state index in [4.69, 9.17) is 9.16 Å². The van der Waals surface area contributed by atoms with Gasteiger partial charge in [0.25, 0.3) is 0 Å². The molecule has 0 N–H and O–H groups in total. The average molecular weight is 270 g/mol. The van der Waals surface area contributed by atoms with Crippen LogP contribution in [-0.2, 0) is 14.0 Å². The van der Waals surface area contributed by atoms with Gasteiger partial charge in [-0.2, -0.15) is 0 Å². The monoisotopic (exact) mass is 270 g/mol. The molecular formula is C14H26O3Si. The van der Waals surface area contributed by atoms with E-state index in [1.165, 1.54) is 0 Å². The molecule has 1 rings (SSSR count). The van der Waals surface area contributed by atoms with Crippen LogP contribution in [-0.4, -0.2) is 26.8 Å². The number of ketones is 1. The third-order valence-electron chi connectivity index (χ3n) is 3.85. The molecule has 18 heavy (non-hydrogen) atoms. The Labute approximate surface area is 112 Å². The zero-order valence-corrected chi connectivity index (χ0v) is 13.5. The quantitative estimate of drug-likeness (QED) is 0.731. The Kier molecular flexibility index (Phi) is 4.78. The molecule has 0 radical (unpaired) electrons. The first kappa shape index (κ1) is 15.4. The van der Waals surface area contributed by atoms with Crippen LogP contribution in [0.15, 0.2) is 11.8 Å². The molecule has 3 nitrogen and oxygen atoms in total. The minimum Gasteiger partial charge on any atom is -0.494 e. The highest BCUT2D eigenvalue weighted by Gasteiger charge is 2.37. The standard InChI is InChI=1S/C14H26O3Si/c1-11-9-12(15)10-13(17-11)7-8-16-18(5,6)14(2,3)4/h9,13H,7-8,10H2,1-6H3/t13-/m1/s1. The highest BCUT2D eigenvalue weighted by molar-refractivity contribution is 6.74. The van der Waals surface area contributed by atoms with Crippen LogP contribution >= 0.6 is 0 Å². The molecule has 0 spiro atoms. The second-order valence-electron chi connectivity index (χ2n) is 6.56. The molecule has 0 amide bonds. The largest absolute Gasteiger partial charge is 0.494 e. The van der Waals surface area contributed by atoms with Crippen molar-refractivity contribution in [2.75, 3.05) is 6.61 Å². The number of hydrogen-bond donors (Lipinski definition) is 0. The molecule has 1 heterocycles. The normalized spacial score (nSPS) is 21.6. The molecule has 0 fully saturated rings. The van der Waals surface area contributed by atoms with E-state index in [0.717, 1.165) is 12.2 Å². The molecule has 104 valence electrons. The lowest BCUT2D eigenvalue weighted by Gasteiger charge is -2.36. The fourth-order valence-electron chi connectivity index (χ4n) is 1.67. The van der Waals surface area contributed by atoms with Crippen molar-refractivity contribution in [1.29, 1.82) is 0 Å². The Morgan fingerprint density at radius 3 is 2.56 bits per heavy atom. The van der Waals surface area contributed by atoms with Crippen molar-refractivity contribution in [2.45, 2.75) is 64.8 Å². The van der Waals surface area contributed by atoms with Gasteiger partial charge in [-0.15, -0.1) is 0 Å². The Morgan fingerprint density at radius 2 is 2.06 bits per heavy atom. The summed E-state index contributed by atoms with van der Waals surface area (Å²) in [4.78, 5) is 11.4. The van der Waals surface area contributed by atoms with Gasteiger partial charge in [-0.25, -0.2) is 0 Å². The minimum atomic E-state index is -1.68. The van der Waals surface area contributed by atoms with Crippen molar-refractivity contribution < 1.29 is 14.0 Å². The average Bonchev–Trinajstić information content (AvgIpc) is 2.13. The highest BCUT2D eigenvalue weighted by Crippen LogP contribution is 2.36. The van der Waals surface area contributed by atoms with Gasteiger partial charge in [0.2, 0.25) is 0 Å². The van der Waals surface area contributed by atoms with E-state index in [0.29, 0.717) is 13.0 Å². The fourth-order valence-corrected chi connectivity index (χ4v) is 2.73. The van der Waals surface area contributed by atoms with Gasteiger partial charge in [-0.05, 0) is 25.1 Å². The van der Waals surface area contributed by atoms with Crippen LogP contribution < -0.4 is 0 Å². The molecule has 0 bridgehead atoms. The second-order valence-corrected chi connectivity index (χ2v) is 11.4. The summed E-state index contributed by atoms with van der Waals surface area (Å²) < 4.78 is 11.7. The lowest BCUT2D eigenvalue weighted by Crippen LogP contribution is -2.41. The van der Waals surface area contributed by atoms with Gasteiger partial charge in [0.05, 0.1) is 5.76 Å². The molecule has 4 heteroatoms. The number of rotatable bonds is 4. The molecule has 1 atom stereocenters. The third-order valence-corrected chi connectivity index (χ3v) is 8.39. The van der Waals surface area contributed by atoms with Gasteiger partial charge in [0, 0.05) is 25.5 Å². The molecule has 0 aromatic rings. The van der Waals surface area contributed by atoms with Crippen molar-refractivity contribution in [1.82, 2.24) is 0 Å². The molecule has 1 aliphatic heterocycles. The van der Waals surface area contributed by atoms with Crippen LogP contribution in [0.5, 0.6) is 0 Å². The molecule has 0 aromatic heterocycles. The SMILES string of the molecule is CC1=CC(=O)C[C@@H](CCO[Si](C)(C)C(C)(C)C)O1. The lowest BCUT2D eigenvalue weighted by atomic mass is 10.1. The van der Waals surface area contributed by atoms with Crippen molar-refractivity contribution in [2.24, 2.45) is 0 Å². The smallest absolute Gasteiger partial charge is 0.191 e. The van der Waals surface area contributed by atoms with Gasteiger partial charge in [0.15, 0.2) is 14.1 Å². The molecule has 0 aliphatic carbocycles. The summed E-state index contributed by atoms with van der Waals surface area (Å²) in [7, 11) is -1.68. The molecule has 0 unspecified atom stereocenters. The van der Waals surface area contributed by atoms with Crippen molar-refractivity contribution in [3.05, 3.63) is 11.8 Å². The first-order valence-corrected chi connectivity index (χ1v) is 9.54. The maximum absolute atomic E-state index is 11.4. The summed E-state index contributed by atoms with van der Waals surface area (Å²) in [6, 6.07) is 0. The van der Waals surface area contributed by atoms with Crippen LogP contribution in [0.3, 0.4) is 0 Å². The maximum Gasteiger partial charge on any atom is 0.191 e. The number of hydrogen-bond acceptors (Lipinski definition) is 3. The van der Waals surface area contributed by atoms with Gasteiger partial charge in [0.1, 0.15) is 6.10 Å². The lowest BCUT2D eigenvalue weighted by molar-refractivity contribution is -0.118. The molecule has 0 saturated carbocycles. The van der Waals surface area contributed by atoms with Crippen LogP contribution in [0.1, 0.15) is 40.5 Å². The molecule has 0 saturated heterocycles. The molecule has 1 aliphatic rings. The summed E-state index contributed by atoms with van der Waals surface area (Å²) in [6.45, 7) is 13.7. The Morgan fingerprint density at radius 1 is 1.44 bits per heavy atom. The van der Waals surface area contributed by atoms with Crippen molar-refractivity contribution in [3.8, 4) is 0 Å². The maximum atomic E-state index is 11.4. The van der Waals surface area contributed by atoms with Crippen molar-refractivity contribution >= 4 is 14.1 Å². The predicted molar refractivity (Wildman–Crippen MR) is 76.0 cm³/mol. The summed E-state index contributed by atoms with van der Waals surface area (Å²) in [5, 5.41) is 0.228. The summed E-state index contributed by atoms with van der Waals surface area (Å²) >= 11 is 0. The van der Waals surface area contributed by atoms with Gasteiger partial charge < -0.3 is 9.16 Å². The number of carbonyl (C=O) groups is 1. The van der Waals surface area contributed by atoms with E-state index in [9.17, 15) is 4.79 Å². The first-order valence-electron chi connectivity index (χ1n) is 6.63. The van der Waals surface area contributed by atoms with Gasteiger partial charge >= 0.3 is 0 Å². The van der Waals surface area contributed by atoms with E-state index in [2.05, 4.69) is 33.9 Å². The van der Waals surface area contributed by atoms with E-state index < -0.39 is 8.32 Å². The second kappa shape index (κ2) is 5.57. The van der Waals surface area contributed by atoms with Crippen molar-refractivity contribution in [3.63, 3.8) is 0 Å². The van der Waals surface area contributed by atoms with E-state index in [1.54, 1.807) is 6.08 Å². The molecular weight excluding hydrogens is 244 g/mol. The van der Waals surface area contributed by atoms with E-state index >= 15 is 0 Å². The van der Waals surface area contributed by atoms with E-state index in [1.807, 2.05) is 6.92 Å². The Hall–Kier alpha value is -0.613. The number of carbonyl (C=O) groups excluding carboxylic acids is 1. The number of allylic oxidation sites excluding steroid dienone is 2. The van der Waals surface area contributed by atoms with Gasteiger partial charge in [-0.3, -0.25) is 4.79 Å². The summed E-state index contributed by atoms with van der Waals surface area (Å²) in [5.41, 5.74) is 0. The number of ether oxygens (including phenoxy) is 1. The van der Waals surface area contributed by atoms with Crippen LogP contribution in [0.2, 0.25) is 18.1 Å². The van der Waals surface area contributed by atoms with Crippen LogP contribution in [0.4, 0.5) is 0 Å². The van der Waals surface area contributed by atoms with E-state index in [-0.39, 0.29) is 16.9 Å². The van der Waals surface area contributed by atoms with Crippen LogP contribution in [0, 0.1) is 0 Å². The zero-order chi connectivity index (χ0) is 14.0. The highest BCUT2D eigenvalue weighted by atomic mass is 28.4. The Balaban J connectivity index is 2.39. The summed E-state index contributed by atoms with van der Waals surface area (Å²) in [6.07, 6.45) is 2.85. The zero-order valence-electron chi connectivity index (χ0n) is 12.5. The predicted octanol–water partition coefficient (Wildman–Crippen LogP) is 3.66. The minimum absolute atomic E-state index is 0.00716. The third kappa shape index (κ3) is 4.25. The van der Waals surface area contributed by atoms with Crippen LogP contribution in [0.25, 0.3) is 0 Å². The molecule has 0 aromatic carbocycles. The van der Waals surface area contributed by atoms with Gasteiger partial charge in [-0.1, -0.05) is 20.8 Å². The Bertz CT molecular complexity index is 339. The first-order chi connectivity index (χ1) is 8.12. The topological polar surface area (TPSA) is 35.5 Å².